The number of carboxylic acids is 2. The first-order valence-electron chi connectivity index (χ1n) is 13.1. The molecule has 2 rings (SSSR count). The minimum absolute atomic E-state index is 0.0376. The molecule has 4 unspecified atom stereocenters. The molecule has 0 aliphatic rings. The molecule has 4 atom stereocenters. The number of aromatic amines is 1. The fourth-order valence-corrected chi connectivity index (χ4v) is 4.12. The number of H-pyrrole nitrogens is 1. The summed E-state index contributed by atoms with van der Waals surface area (Å²) in [5, 5.41) is 26.5. The van der Waals surface area contributed by atoms with Crippen LogP contribution in [-0.4, -0.2) is 81.5 Å². The van der Waals surface area contributed by atoms with Gasteiger partial charge in [0.15, 0.2) is 0 Å². The monoisotopic (exact) mass is 575 g/mol. The van der Waals surface area contributed by atoms with Crippen molar-refractivity contribution < 1.29 is 39.0 Å². The number of fused-ring (bicyclic) bond motifs is 1. The van der Waals surface area contributed by atoms with Crippen molar-refractivity contribution in [2.75, 3.05) is 6.54 Å². The fraction of sp³-hybridized carbons (Fsp3) is 0.462. The lowest BCUT2D eigenvalue weighted by atomic mass is 10.0. The quantitative estimate of drug-likeness (QED) is 0.0922. The van der Waals surface area contributed by atoms with Gasteiger partial charge in [-0.25, -0.2) is 4.79 Å². The lowest BCUT2D eigenvalue weighted by molar-refractivity contribution is -0.147. The van der Waals surface area contributed by atoms with E-state index < -0.39 is 66.2 Å². The predicted molar refractivity (Wildman–Crippen MR) is 147 cm³/mol. The van der Waals surface area contributed by atoms with Crippen molar-refractivity contribution >= 4 is 46.5 Å². The van der Waals surface area contributed by atoms with Gasteiger partial charge in [-0.05, 0) is 43.9 Å². The number of rotatable bonds is 18. The Morgan fingerprint density at radius 2 is 1.49 bits per heavy atom. The summed E-state index contributed by atoms with van der Waals surface area (Å²) in [7, 11) is 0. The molecule has 1 aromatic heterocycles. The van der Waals surface area contributed by atoms with Crippen molar-refractivity contribution in [3.8, 4) is 0 Å². The van der Waals surface area contributed by atoms with Crippen molar-refractivity contribution in [3.63, 3.8) is 0 Å². The summed E-state index contributed by atoms with van der Waals surface area (Å²) in [4.78, 5) is 76.1. The number of aromatic nitrogens is 1. The summed E-state index contributed by atoms with van der Waals surface area (Å²) >= 11 is 0. The van der Waals surface area contributed by atoms with E-state index in [1.807, 2.05) is 6.07 Å². The van der Waals surface area contributed by atoms with Crippen molar-refractivity contribution in [2.45, 2.75) is 69.1 Å². The first kappa shape index (κ1) is 32.7. The van der Waals surface area contributed by atoms with Crippen LogP contribution in [0.5, 0.6) is 0 Å². The highest BCUT2D eigenvalue weighted by Gasteiger charge is 2.31. The number of carbonyl (C=O) groups excluding carboxylic acids is 4. The SMILES string of the molecule is NCCCCC(NC(=O)C(N)CCC(N)=O)C(=O)NC(Cc1c[nH]c2ccccc12)C(=O)NC(CC(=O)O)C(=O)O. The Balaban J connectivity index is 2.30. The number of unbranched alkanes of at least 4 members (excludes halogenated alkanes) is 1. The van der Waals surface area contributed by atoms with Gasteiger partial charge in [-0.2, -0.15) is 0 Å². The van der Waals surface area contributed by atoms with E-state index in [0.29, 0.717) is 24.9 Å². The van der Waals surface area contributed by atoms with Crippen molar-refractivity contribution in [2.24, 2.45) is 17.2 Å². The molecule has 41 heavy (non-hydrogen) atoms. The lowest BCUT2D eigenvalue weighted by Gasteiger charge is -2.25. The summed E-state index contributed by atoms with van der Waals surface area (Å²) in [5.74, 6) is -6.02. The van der Waals surface area contributed by atoms with E-state index in [0.717, 1.165) is 10.9 Å². The second kappa shape index (κ2) is 15.9. The van der Waals surface area contributed by atoms with Crippen LogP contribution in [0, 0.1) is 0 Å². The zero-order valence-corrected chi connectivity index (χ0v) is 22.4. The Kier molecular flexibility index (Phi) is 12.7. The number of aliphatic carboxylic acids is 2. The third-order valence-electron chi connectivity index (χ3n) is 6.34. The summed E-state index contributed by atoms with van der Waals surface area (Å²) in [6.45, 7) is 0.339. The summed E-state index contributed by atoms with van der Waals surface area (Å²) in [6, 6.07) is 1.86. The average Bonchev–Trinajstić information content (AvgIpc) is 3.32. The highest BCUT2D eigenvalue weighted by Crippen LogP contribution is 2.19. The fourth-order valence-electron chi connectivity index (χ4n) is 4.12. The number of amides is 4. The molecule has 15 nitrogen and oxygen atoms in total. The van der Waals surface area contributed by atoms with Gasteiger partial charge < -0.3 is 48.3 Å². The molecule has 1 heterocycles. The maximum absolute atomic E-state index is 13.4. The molecule has 0 aliphatic heterocycles. The molecule has 0 saturated carbocycles. The van der Waals surface area contributed by atoms with Crippen molar-refractivity contribution in [1.29, 1.82) is 0 Å². The normalized spacial score (nSPS) is 13.9. The predicted octanol–water partition coefficient (Wildman–Crippen LogP) is -1.55. The number of hydrogen-bond donors (Lipinski definition) is 9. The van der Waals surface area contributed by atoms with Gasteiger partial charge in [0.1, 0.15) is 18.1 Å². The van der Waals surface area contributed by atoms with Crippen molar-refractivity contribution in [3.05, 3.63) is 36.0 Å². The third-order valence-corrected chi connectivity index (χ3v) is 6.34. The van der Waals surface area contributed by atoms with E-state index in [1.54, 1.807) is 24.4 Å². The third kappa shape index (κ3) is 10.5. The molecule has 1 aromatic carbocycles. The van der Waals surface area contributed by atoms with Crippen LogP contribution in [0.4, 0.5) is 0 Å². The topological polar surface area (TPSA) is 273 Å². The van der Waals surface area contributed by atoms with E-state index in [4.69, 9.17) is 22.3 Å². The number of nitrogens with two attached hydrogens (primary N) is 3. The molecule has 0 spiro atoms. The molecule has 0 aliphatic carbocycles. The van der Waals surface area contributed by atoms with Gasteiger partial charge in [-0.15, -0.1) is 0 Å². The second-order valence-electron chi connectivity index (χ2n) is 9.58. The van der Waals surface area contributed by atoms with Crippen molar-refractivity contribution in [1.82, 2.24) is 20.9 Å². The molecule has 12 N–H and O–H groups in total. The van der Waals surface area contributed by atoms with Crippen LogP contribution in [-0.2, 0) is 35.2 Å². The number of carboxylic acid groups (broad SMARTS) is 2. The van der Waals surface area contributed by atoms with E-state index in [2.05, 4.69) is 20.9 Å². The zero-order valence-electron chi connectivity index (χ0n) is 22.4. The molecular weight excluding hydrogens is 538 g/mol. The maximum atomic E-state index is 13.4. The van der Waals surface area contributed by atoms with Crippen LogP contribution in [0.3, 0.4) is 0 Å². The molecule has 15 heteroatoms. The van der Waals surface area contributed by atoms with E-state index in [-0.39, 0.29) is 25.7 Å². The largest absolute Gasteiger partial charge is 0.481 e. The molecule has 0 radical (unpaired) electrons. The van der Waals surface area contributed by atoms with Gasteiger partial charge >= 0.3 is 11.9 Å². The Labute approximate surface area is 235 Å². The highest BCUT2D eigenvalue weighted by molar-refractivity contribution is 5.95. The number of hydrogen-bond acceptors (Lipinski definition) is 8. The number of para-hydroxylation sites is 1. The minimum Gasteiger partial charge on any atom is -0.481 e. The Bertz CT molecular complexity index is 1250. The molecule has 224 valence electrons. The molecule has 0 saturated heterocycles. The summed E-state index contributed by atoms with van der Waals surface area (Å²) in [6.07, 6.45) is 1.65. The van der Waals surface area contributed by atoms with E-state index in [1.165, 1.54) is 0 Å². The highest BCUT2D eigenvalue weighted by atomic mass is 16.4. The van der Waals surface area contributed by atoms with Crippen LogP contribution in [0.1, 0.15) is 44.1 Å². The van der Waals surface area contributed by atoms with Crippen LogP contribution in [0.2, 0.25) is 0 Å². The van der Waals surface area contributed by atoms with Gasteiger partial charge in [-0.3, -0.25) is 24.0 Å². The Hall–Kier alpha value is -4.50. The molecule has 4 amide bonds. The Morgan fingerprint density at radius 1 is 0.854 bits per heavy atom. The number of carbonyl (C=O) groups is 6. The summed E-state index contributed by atoms with van der Waals surface area (Å²) in [5.41, 5.74) is 17.9. The smallest absolute Gasteiger partial charge is 0.326 e. The van der Waals surface area contributed by atoms with Gasteiger partial charge in [0.25, 0.3) is 0 Å². The maximum Gasteiger partial charge on any atom is 0.326 e. The summed E-state index contributed by atoms with van der Waals surface area (Å²) < 4.78 is 0. The van der Waals surface area contributed by atoms with Gasteiger partial charge in [0.05, 0.1) is 12.5 Å². The average molecular weight is 576 g/mol. The van der Waals surface area contributed by atoms with Gasteiger partial charge in [0, 0.05) is 29.9 Å². The molecule has 0 fully saturated rings. The van der Waals surface area contributed by atoms with Gasteiger partial charge in [-0.1, -0.05) is 18.2 Å². The number of benzene rings is 1. The standard InChI is InChI=1S/C26H37N7O8/c27-10-4-3-7-18(31-23(37)16(28)8-9-21(29)34)24(38)32-19(25(39)33-20(26(40)41)12-22(35)36)11-14-13-30-17-6-2-1-5-15(14)17/h1-2,5-6,13,16,18-20,30H,3-4,7-12,27-28H2,(H2,29,34)(H,31,37)(H,32,38)(H,33,39)(H,35,36)(H,40,41). The minimum atomic E-state index is -1.74. The van der Waals surface area contributed by atoms with Crippen LogP contribution >= 0.6 is 0 Å². The van der Waals surface area contributed by atoms with Crippen LogP contribution in [0.25, 0.3) is 10.9 Å². The van der Waals surface area contributed by atoms with E-state index >= 15 is 0 Å². The molecule has 0 bridgehead atoms. The second-order valence-corrected chi connectivity index (χ2v) is 9.58. The Morgan fingerprint density at radius 3 is 2.12 bits per heavy atom. The first-order chi connectivity index (χ1) is 19.4. The molecule has 2 aromatic rings. The number of nitrogens with one attached hydrogen (secondary N) is 4. The van der Waals surface area contributed by atoms with E-state index in [9.17, 15) is 33.9 Å². The van der Waals surface area contributed by atoms with Gasteiger partial charge in [0.2, 0.25) is 23.6 Å². The lowest BCUT2D eigenvalue weighted by Crippen LogP contribution is -2.57. The first-order valence-corrected chi connectivity index (χ1v) is 13.1. The van der Waals surface area contributed by atoms with Crippen LogP contribution in [0.15, 0.2) is 30.5 Å². The van der Waals surface area contributed by atoms with Crippen LogP contribution < -0.4 is 33.2 Å². The number of primary amides is 1. The zero-order chi connectivity index (χ0) is 30.5. The molecular formula is C26H37N7O8.